The Balaban J connectivity index is 2.30. The molecular weight excluding hydrogens is 246 g/mol. The van der Waals surface area contributed by atoms with Crippen LogP contribution in [0.4, 0.5) is 0 Å². The zero-order valence-electron chi connectivity index (χ0n) is 11.8. The number of carbonyl (C=O) groups excluding carboxylic acids is 1. The van der Waals surface area contributed by atoms with Crippen molar-refractivity contribution in [3.63, 3.8) is 0 Å². The number of hydrogen-bond donors (Lipinski definition) is 0. The van der Waals surface area contributed by atoms with Gasteiger partial charge >= 0.3 is 5.97 Å². The summed E-state index contributed by atoms with van der Waals surface area (Å²) in [5.74, 6) is 0.402. The maximum atomic E-state index is 11.2. The summed E-state index contributed by atoms with van der Waals surface area (Å²) in [4.78, 5) is 13.8. The molecule has 0 radical (unpaired) electrons. The van der Waals surface area contributed by atoms with Gasteiger partial charge in [-0.05, 0) is 32.4 Å². The largest absolute Gasteiger partial charge is 0.468 e. The Kier molecular flexibility index (Phi) is 8.51. The minimum atomic E-state index is -0.0971. The highest BCUT2D eigenvalue weighted by Crippen LogP contribution is 2.21. The van der Waals surface area contributed by atoms with E-state index < -0.39 is 0 Å². The second kappa shape index (κ2) is 9.68. The van der Waals surface area contributed by atoms with Crippen molar-refractivity contribution < 1.29 is 9.53 Å². The number of ether oxygens (including phenoxy) is 1. The SMILES string of the molecule is CCCCC(CN1CCCCC1)SCC(=O)OC. The van der Waals surface area contributed by atoms with Crippen molar-refractivity contribution >= 4 is 17.7 Å². The maximum absolute atomic E-state index is 11.2. The van der Waals surface area contributed by atoms with Gasteiger partial charge in [0, 0.05) is 11.8 Å². The summed E-state index contributed by atoms with van der Waals surface area (Å²) in [5.41, 5.74) is 0. The summed E-state index contributed by atoms with van der Waals surface area (Å²) in [6.45, 7) is 5.84. The predicted octanol–water partition coefficient (Wildman–Crippen LogP) is 2.94. The highest BCUT2D eigenvalue weighted by atomic mass is 32.2. The van der Waals surface area contributed by atoms with Crippen LogP contribution in [-0.4, -0.2) is 48.6 Å². The Morgan fingerprint density at radius 2 is 2.06 bits per heavy atom. The Hall–Kier alpha value is -0.220. The molecule has 1 aliphatic heterocycles. The summed E-state index contributed by atoms with van der Waals surface area (Å²) in [7, 11) is 1.47. The molecule has 1 fully saturated rings. The van der Waals surface area contributed by atoms with Crippen LogP contribution >= 0.6 is 11.8 Å². The van der Waals surface area contributed by atoms with Crippen molar-refractivity contribution in [2.45, 2.75) is 50.7 Å². The molecule has 0 bridgehead atoms. The van der Waals surface area contributed by atoms with Crippen LogP contribution in [0.2, 0.25) is 0 Å². The molecule has 1 aliphatic rings. The van der Waals surface area contributed by atoms with E-state index in [0.717, 1.165) is 6.54 Å². The van der Waals surface area contributed by atoms with Gasteiger partial charge < -0.3 is 9.64 Å². The second-order valence-electron chi connectivity index (χ2n) is 5.01. The third kappa shape index (κ3) is 6.64. The van der Waals surface area contributed by atoms with Gasteiger partial charge in [0.2, 0.25) is 0 Å². The van der Waals surface area contributed by atoms with E-state index in [4.69, 9.17) is 4.74 Å². The molecule has 106 valence electrons. The van der Waals surface area contributed by atoms with E-state index >= 15 is 0 Å². The van der Waals surface area contributed by atoms with E-state index in [9.17, 15) is 4.79 Å². The van der Waals surface area contributed by atoms with Crippen LogP contribution in [0.5, 0.6) is 0 Å². The molecule has 18 heavy (non-hydrogen) atoms. The first-order valence-electron chi connectivity index (χ1n) is 7.17. The molecule has 1 heterocycles. The van der Waals surface area contributed by atoms with Gasteiger partial charge in [-0.2, -0.15) is 0 Å². The summed E-state index contributed by atoms with van der Waals surface area (Å²) < 4.78 is 4.72. The molecule has 1 saturated heterocycles. The number of hydrogen-bond acceptors (Lipinski definition) is 4. The topological polar surface area (TPSA) is 29.5 Å². The number of likely N-dealkylation sites (tertiary alicyclic amines) is 1. The average Bonchev–Trinajstić information content (AvgIpc) is 2.42. The number of rotatable bonds is 8. The summed E-state index contributed by atoms with van der Waals surface area (Å²) in [6, 6.07) is 0. The van der Waals surface area contributed by atoms with E-state index in [1.165, 1.54) is 58.7 Å². The molecule has 0 aliphatic carbocycles. The van der Waals surface area contributed by atoms with Crippen LogP contribution in [0, 0.1) is 0 Å². The number of unbranched alkanes of at least 4 members (excludes halogenated alkanes) is 1. The van der Waals surface area contributed by atoms with Gasteiger partial charge in [0.05, 0.1) is 12.9 Å². The first-order chi connectivity index (χ1) is 8.76. The number of nitrogens with zero attached hydrogens (tertiary/aromatic N) is 1. The molecule has 3 nitrogen and oxygen atoms in total. The van der Waals surface area contributed by atoms with Gasteiger partial charge in [-0.3, -0.25) is 4.79 Å². The highest BCUT2D eigenvalue weighted by Gasteiger charge is 2.17. The molecule has 4 heteroatoms. The molecule has 0 N–H and O–H groups in total. The van der Waals surface area contributed by atoms with Gasteiger partial charge in [0.1, 0.15) is 0 Å². The van der Waals surface area contributed by atoms with Crippen LogP contribution in [0.3, 0.4) is 0 Å². The number of thioether (sulfide) groups is 1. The molecule has 1 rings (SSSR count). The molecule has 0 aromatic heterocycles. The van der Waals surface area contributed by atoms with Gasteiger partial charge in [0.15, 0.2) is 0 Å². The van der Waals surface area contributed by atoms with Crippen LogP contribution in [0.25, 0.3) is 0 Å². The van der Waals surface area contributed by atoms with E-state index in [0.29, 0.717) is 11.0 Å². The Morgan fingerprint density at radius 1 is 1.33 bits per heavy atom. The molecule has 1 atom stereocenters. The van der Waals surface area contributed by atoms with Crippen molar-refractivity contribution in [1.82, 2.24) is 4.90 Å². The van der Waals surface area contributed by atoms with Crippen molar-refractivity contribution in [2.24, 2.45) is 0 Å². The fraction of sp³-hybridized carbons (Fsp3) is 0.929. The van der Waals surface area contributed by atoms with Crippen molar-refractivity contribution in [3.8, 4) is 0 Å². The Morgan fingerprint density at radius 3 is 2.67 bits per heavy atom. The molecule has 0 saturated carbocycles. The van der Waals surface area contributed by atoms with E-state index in [1.807, 2.05) is 0 Å². The predicted molar refractivity (Wildman–Crippen MR) is 78.1 cm³/mol. The number of esters is 1. The van der Waals surface area contributed by atoms with E-state index in [-0.39, 0.29) is 5.97 Å². The fourth-order valence-electron chi connectivity index (χ4n) is 2.33. The fourth-order valence-corrected chi connectivity index (χ4v) is 3.47. The second-order valence-corrected chi connectivity index (χ2v) is 6.30. The van der Waals surface area contributed by atoms with Crippen LogP contribution < -0.4 is 0 Å². The summed E-state index contributed by atoms with van der Waals surface area (Å²) in [5, 5.41) is 0.585. The molecule has 0 aromatic carbocycles. The number of methoxy groups -OCH3 is 1. The molecule has 0 spiro atoms. The summed E-state index contributed by atoms with van der Waals surface area (Å²) in [6.07, 6.45) is 7.76. The van der Waals surface area contributed by atoms with Gasteiger partial charge in [-0.1, -0.05) is 26.2 Å². The van der Waals surface area contributed by atoms with E-state index in [2.05, 4.69) is 11.8 Å². The summed E-state index contributed by atoms with van der Waals surface area (Å²) >= 11 is 1.77. The minimum absolute atomic E-state index is 0.0971. The zero-order valence-corrected chi connectivity index (χ0v) is 12.6. The quantitative estimate of drug-likeness (QED) is 0.636. The highest BCUT2D eigenvalue weighted by molar-refractivity contribution is 8.00. The lowest BCUT2D eigenvalue weighted by atomic mass is 10.1. The lowest BCUT2D eigenvalue weighted by Gasteiger charge is -2.30. The van der Waals surface area contributed by atoms with Crippen LogP contribution in [0.15, 0.2) is 0 Å². The third-order valence-corrected chi connectivity index (χ3v) is 4.71. The average molecular weight is 273 g/mol. The molecule has 0 amide bonds. The van der Waals surface area contributed by atoms with Crippen LogP contribution in [0.1, 0.15) is 45.4 Å². The molecule has 1 unspecified atom stereocenters. The number of carbonyl (C=O) groups is 1. The van der Waals surface area contributed by atoms with Crippen molar-refractivity contribution in [3.05, 3.63) is 0 Å². The smallest absolute Gasteiger partial charge is 0.315 e. The van der Waals surface area contributed by atoms with Gasteiger partial charge in [-0.15, -0.1) is 11.8 Å². The molecular formula is C14H27NO2S. The normalized spacial score (nSPS) is 18.6. The maximum Gasteiger partial charge on any atom is 0.315 e. The monoisotopic (exact) mass is 273 g/mol. The third-order valence-electron chi connectivity index (χ3n) is 3.45. The lowest BCUT2D eigenvalue weighted by molar-refractivity contribution is -0.137. The van der Waals surface area contributed by atoms with Crippen molar-refractivity contribution in [1.29, 1.82) is 0 Å². The standard InChI is InChI=1S/C14H27NO2S/c1-3-4-8-13(18-12-14(16)17-2)11-15-9-6-5-7-10-15/h13H,3-12H2,1-2H3. The van der Waals surface area contributed by atoms with E-state index in [1.54, 1.807) is 11.8 Å². The van der Waals surface area contributed by atoms with Gasteiger partial charge in [0.25, 0.3) is 0 Å². The molecule has 0 aromatic rings. The number of piperidine rings is 1. The van der Waals surface area contributed by atoms with Crippen molar-refractivity contribution in [2.75, 3.05) is 32.5 Å². The zero-order chi connectivity index (χ0) is 13.2. The van der Waals surface area contributed by atoms with Gasteiger partial charge in [-0.25, -0.2) is 0 Å². The minimum Gasteiger partial charge on any atom is -0.468 e. The Labute approximate surface area is 116 Å². The Bertz CT molecular complexity index is 230. The first kappa shape index (κ1) is 15.8. The first-order valence-corrected chi connectivity index (χ1v) is 8.22. The lowest BCUT2D eigenvalue weighted by Crippen LogP contribution is -2.35. The van der Waals surface area contributed by atoms with Crippen LogP contribution in [-0.2, 0) is 9.53 Å².